The van der Waals surface area contributed by atoms with Crippen LogP contribution in [0.3, 0.4) is 0 Å². The SMILES string of the molecule is C[NH+](Cc1ccccc1)CN1C(=O)N[C@](C)(c2ccccc2)C1=O. The van der Waals surface area contributed by atoms with Crippen molar-refractivity contribution >= 4 is 11.9 Å². The highest BCUT2D eigenvalue weighted by atomic mass is 16.2. The van der Waals surface area contributed by atoms with Crippen LogP contribution in [0.25, 0.3) is 0 Å². The average Bonchev–Trinajstić information content (AvgIpc) is 2.81. The third-order valence-electron chi connectivity index (χ3n) is 4.40. The maximum Gasteiger partial charge on any atom is 0.329 e. The molecule has 1 aliphatic heterocycles. The summed E-state index contributed by atoms with van der Waals surface area (Å²) in [5.41, 5.74) is 0.977. The summed E-state index contributed by atoms with van der Waals surface area (Å²) in [6.45, 7) is 2.84. The number of carbonyl (C=O) groups excluding carboxylic acids is 2. The molecule has 2 atom stereocenters. The lowest BCUT2D eigenvalue weighted by molar-refractivity contribution is -0.901. The molecule has 0 aromatic heterocycles. The Morgan fingerprint density at radius 2 is 1.58 bits per heavy atom. The normalized spacial score (nSPS) is 21.7. The van der Waals surface area contributed by atoms with Crippen LogP contribution < -0.4 is 10.2 Å². The maximum absolute atomic E-state index is 12.9. The molecule has 3 rings (SSSR count). The predicted molar refractivity (Wildman–Crippen MR) is 91.1 cm³/mol. The van der Waals surface area contributed by atoms with Crippen LogP contribution in [0.5, 0.6) is 0 Å². The van der Waals surface area contributed by atoms with Crippen molar-refractivity contribution in [3.8, 4) is 0 Å². The van der Waals surface area contributed by atoms with Gasteiger partial charge in [0.2, 0.25) is 0 Å². The fourth-order valence-corrected chi connectivity index (χ4v) is 3.08. The first-order chi connectivity index (χ1) is 11.5. The Morgan fingerprint density at radius 3 is 2.21 bits per heavy atom. The van der Waals surface area contributed by atoms with E-state index in [2.05, 4.69) is 5.32 Å². The lowest BCUT2D eigenvalue weighted by Gasteiger charge is -2.23. The van der Waals surface area contributed by atoms with Crippen molar-refractivity contribution in [3.63, 3.8) is 0 Å². The summed E-state index contributed by atoms with van der Waals surface area (Å²) in [4.78, 5) is 27.6. The summed E-state index contributed by atoms with van der Waals surface area (Å²) in [6, 6.07) is 19.1. The topological polar surface area (TPSA) is 53.9 Å². The Bertz CT molecular complexity index is 733. The summed E-state index contributed by atoms with van der Waals surface area (Å²) in [5.74, 6) is -0.203. The van der Waals surface area contributed by atoms with Gasteiger partial charge in [-0.1, -0.05) is 60.7 Å². The largest absolute Gasteiger partial charge is 0.329 e. The molecular formula is C19H22N3O2+. The second kappa shape index (κ2) is 6.45. The van der Waals surface area contributed by atoms with Crippen LogP contribution in [0.2, 0.25) is 0 Å². The van der Waals surface area contributed by atoms with Crippen molar-refractivity contribution < 1.29 is 14.5 Å². The number of carbonyl (C=O) groups is 2. The lowest BCUT2D eigenvalue weighted by Crippen LogP contribution is -3.09. The van der Waals surface area contributed by atoms with Crippen LogP contribution in [-0.2, 0) is 16.9 Å². The number of urea groups is 1. The van der Waals surface area contributed by atoms with Gasteiger partial charge >= 0.3 is 6.03 Å². The van der Waals surface area contributed by atoms with Crippen molar-refractivity contribution in [2.75, 3.05) is 13.7 Å². The summed E-state index contributed by atoms with van der Waals surface area (Å²) in [7, 11) is 1.98. The van der Waals surface area contributed by atoms with Gasteiger partial charge in [0.15, 0.2) is 6.67 Å². The van der Waals surface area contributed by atoms with Crippen LogP contribution in [0, 0.1) is 0 Å². The Labute approximate surface area is 141 Å². The zero-order valence-corrected chi connectivity index (χ0v) is 14.0. The molecule has 1 heterocycles. The summed E-state index contributed by atoms with van der Waals surface area (Å²) >= 11 is 0. The molecule has 124 valence electrons. The predicted octanol–water partition coefficient (Wildman–Crippen LogP) is 1.13. The minimum Gasteiger partial charge on any atom is -0.319 e. The van der Waals surface area contributed by atoms with Gasteiger partial charge in [-0.05, 0) is 12.5 Å². The third kappa shape index (κ3) is 3.03. The monoisotopic (exact) mass is 324 g/mol. The molecule has 1 fully saturated rings. The molecule has 1 unspecified atom stereocenters. The van der Waals surface area contributed by atoms with E-state index in [1.807, 2.05) is 67.7 Å². The number of amides is 3. The second-order valence-corrected chi connectivity index (χ2v) is 6.43. The highest BCUT2D eigenvalue weighted by Gasteiger charge is 2.49. The standard InChI is InChI=1S/C19H21N3O2/c1-19(16-11-7-4-8-12-16)17(23)22(18(24)20-19)14-21(2)13-15-9-5-3-6-10-15/h3-12H,13-14H2,1-2H3,(H,20,24)/p+1/t19-/m1/s1. The third-order valence-corrected chi connectivity index (χ3v) is 4.40. The molecule has 5 nitrogen and oxygen atoms in total. The molecule has 0 spiro atoms. The first-order valence-corrected chi connectivity index (χ1v) is 8.05. The Morgan fingerprint density at radius 1 is 1.00 bits per heavy atom. The summed E-state index contributed by atoms with van der Waals surface area (Å²) in [6.07, 6.45) is 0. The van der Waals surface area contributed by atoms with Gasteiger partial charge in [0.25, 0.3) is 5.91 Å². The quantitative estimate of drug-likeness (QED) is 0.810. The number of nitrogens with zero attached hydrogens (tertiary/aromatic N) is 1. The van der Waals surface area contributed by atoms with E-state index in [0.29, 0.717) is 6.67 Å². The van der Waals surface area contributed by atoms with Gasteiger partial charge in [0, 0.05) is 5.56 Å². The molecule has 0 radical (unpaired) electrons. The van der Waals surface area contributed by atoms with Crippen molar-refractivity contribution in [1.82, 2.24) is 10.2 Å². The van der Waals surface area contributed by atoms with Gasteiger partial charge in [0.1, 0.15) is 12.1 Å². The smallest absolute Gasteiger partial charge is 0.319 e. The number of benzene rings is 2. The Kier molecular flexibility index (Phi) is 4.36. The summed E-state index contributed by atoms with van der Waals surface area (Å²) in [5, 5.41) is 2.84. The van der Waals surface area contributed by atoms with Gasteiger partial charge in [-0.3, -0.25) is 4.79 Å². The minimum atomic E-state index is -0.995. The molecule has 2 aromatic rings. The Balaban J connectivity index is 1.73. The number of hydrogen-bond acceptors (Lipinski definition) is 2. The number of imide groups is 1. The molecule has 3 amide bonds. The highest BCUT2D eigenvalue weighted by molar-refractivity contribution is 6.07. The zero-order valence-electron chi connectivity index (χ0n) is 14.0. The second-order valence-electron chi connectivity index (χ2n) is 6.43. The van der Waals surface area contributed by atoms with E-state index in [-0.39, 0.29) is 11.9 Å². The van der Waals surface area contributed by atoms with Gasteiger partial charge in [0.05, 0.1) is 7.05 Å². The molecule has 2 aromatic carbocycles. The van der Waals surface area contributed by atoms with Crippen molar-refractivity contribution in [1.29, 1.82) is 0 Å². The molecular weight excluding hydrogens is 302 g/mol. The van der Waals surface area contributed by atoms with E-state index in [4.69, 9.17) is 0 Å². The lowest BCUT2D eigenvalue weighted by atomic mass is 9.92. The number of nitrogens with one attached hydrogen (secondary N) is 2. The van der Waals surface area contributed by atoms with Crippen LogP contribution in [0.4, 0.5) is 4.79 Å². The molecule has 0 aliphatic carbocycles. The van der Waals surface area contributed by atoms with Crippen LogP contribution in [-0.4, -0.2) is 30.6 Å². The van der Waals surface area contributed by atoms with E-state index in [1.165, 1.54) is 10.5 Å². The van der Waals surface area contributed by atoms with Crippen molar-refractivity contribution in [2.45, 2.75) is 19.0 Å². The zero-order chi connectivity index (χ0) is 17.2. The molecule has 1 aliphatic rings. The summed E-state index contributed by atoms with van der Waals surface area (Å²) < 4.78 is 0. The van der Waals surface area contributed by atoms with Gasteiger partial charge in [-0.15, -0.1) is 0 Å². The van der Waals surface area contributed by atoms with Crippen LogP contribution >= 0.6 is 0 Å². The van der Waals surface area contributed by atoms with E-state index >= 15 is 0 Å². The molecule has 5 heteroatoms. The number of quaternary nitrogens is 1. The molecule has 1 saturated heterocycles. The first kappa shape index (κ1) is 16.2. The maximum atomic E-state index is 12.9. The molecule has 0 bridgehead atoms. The van der Waals surface area contributed by atoms with Crippen LogP contribution in [0.1, 0.15) is 18.1 Å². The average molecular weight is 324 g/mol. The van der Waals surface area contributed by atoms with Crippen molar-refractivity contribution in [3.05, 3.63) is 71.8 Å². The van der Waals surface area contributed by atoms with E-state index in [9.17, 15) is 9.59 Å². The fourth-order valence-electron chi connectivity index (χ4n) is 3.08. The van der Waals surface area contributed by atoms with Gasteiger partial charge in [-0.2, -0.15) is 0 Å². The fraction of sp³-hybridized carbons (Fsp3) is 0.263. The highest BCUT2D eigenvalue weighted by Crippen LogP contribution is 2.27. The van der Waals surface area contributed by atoms with E-state index in [0.717, 1.165) is 17.0 Å². The van der Waals surface area contributed by atoms with E-state index in [1.54, 1.807) is 6.92 Å². The first-order valence-electron chi connectivity index (χ1n) is 8.05. The van der Waals surface area contributed by atoms with E-state index < -0.39 is 5.54 Å². The van der Waals surface area contributed by atoms with Crippen LogP contribution in [0.15, 0.2) is 60.7 Å². The number of rotatable bonds is 5. The minimum absolute atomic E-state index is 0.203. The van der Waals surface area contributed by atoms with Gasteiger partial charge in [-0.25, -0.2) is 9.69 Å². The molecule has 2 N–H and O–H groups in total. The Hall–Kier alpha value is -2.66. The van der Waals surface area contributed by atoms with Gasteiger partial charge < -0.3 is 10.2 Å². The number of hydrogen-bond donors (Lipinski definition) is 2. The van der Waals surface area contributed by atoms with Crippen molar-refractivity contribution in [2.24, 2.45) is 0 Å². The molecule has 24 heavy (non-hydrogen) atoms. The molecule has 0 saturated carbocycles.